The third-order valence-corrected chi connectivity index (χ3v) is 3.80. The summed E-state index contributed by atoms with van der Waals surface area (Å²) in [7, 11) is 0. The molecule has 0 aromatic heterocycles. The van der Waals surface area contributed by atoms with Crippen molar-refractivity contribution in [2.45, 2.75) is 33.3 Å². The van der Waals surface area contributed by atoms with E-state index < -0.39 is 23.9 Å². The number of carboxylic acids is 1. The van der Waals surface area contributed by atoms with Crippen LogP contribution in [0.15, 0.2) is 18.2 Å². The number of hydrogen-bond donors (Lipinski definition) is 3. The van der Waals surface area contributed by atoms with Crippen LogP contribution in [-0.4, -0.2) is 35.5 Å². The normalized spacial score (nSPS) is 17.5. The molecular weight excluding hydrogens is 312 g/mol. The fraction of sp³-hybridized carbons (Fsp3) is 0.471. The summed E-state index contributed by atoms with van der Waals surface area (Å²) in [5.41, 5.74) is 0.704. The molecule has 130 valence electrons. The van der Waals surface area contributed by atoms with Crippen molar-refractivity contribution < 1.29 is 24.2 Å². The van der Waals surface area contributed by atoms with Crippen molar-refractivity contribution in [3.63, 3.8) is 0 Å². The number of carbonyl (C=O) groups is 3. The highest BCUT2D eigenvalue weighted by atomic mass is 16.5. The van der Waals surface area contributed by atoms with E-state index in [0.717, 1.165) is 0 Å². The van der Waals surface area contributed by atoms with E-state index in [4.69, 9.17) is 4.74 Å². The Labute approximate surface area is 140 Å². The second-order valence-electron chi connectivity index (χ2n) is 6.31. The molecule has 24 heavy (non-hydrogen) atoms. The lowest BCUT2D eigenvalue weighted by molar-refractivity contribution is -0.142. The molecule has 0 spiro atoms. The second-order valence-corrected chi connectivity index (χ2v) is 6.31. The summed E-state index contributed by atoms with van der Waals surface area (Å²) < 4.78 is 5.53. The van der Waals surface area contributed by atoms with Crippen molar-refractivity contribution in [2.24, 2.45) is 11.8 Å². The van der Waals surface area contributed by atoms with Crippen molar-refractivity contribution in [1.29, 1.82) is 0 Å². The molecule has 3 N–H and O–H groups in total. The Morgan fingerprint density at radius 2 is 2.08 bits per heavy atom. The van der Waals surface area contributed by atoms with Gasteiger partial charge in [0.2, 0.25) is 0 Å². The first-order valence-electron chi connectivity index (χ1n) is 7.91. The van der Waals surface area contributed by atoms with E-state index in [1.807, 2.05) is 13.8 Å². The maximum Gasteiger partial charge on any atom is 0.308 e. The minimum atomic E-state index is -0.934. The molecule has 0 saturated carbocycles. The third kappa shape index (κ3) is 4.04. The van der Waals surface area contributed by atoms with Crippen molar-refractivity contribution in [3.8, 4) is 5.75 Å². The van der Waals surface area contributed by atoms with E-state index in [9.17, 15) is 19.5 Å². The number of para-hydroxylation sites is 1. The van der Waals surface area contributed by atoms with Gasteiger partial charge in [-0.3, -0.25) is 14.4 Å². The molecule has 7 heteroatoms. The van der Waals surface area contributed by atoms with Crippen LogP contribution >= 0.6 is 0 Å². The molecule has 2 atom stereocenters. The lowest BCUT2D eigenvalue weighted by Crippen LogP contribution is -2.37. The van der Waals surface area contributed by atoms with Gasteiger partial charge >= 0.3 is 5.97 Å². The van der Waals surface area contributed by atoms with Crippen molar-refractivity contribution in [1.82, 2.24) is 5.32 Å². The van der Waals surface area contributed by atoms with Gasteiger partial charge in [-0.2, -0.15) is 0 Å². The highest BCUT2D eigenvalue weighted by Crippen LogP contribution is 2.33. The molecule has 2 amide bonds. The van der Waals surface area contributed by atoms with Crippen LogP contribution in [0.25, 0.3) is 0 Å². The predicted octanol–water partition coefficient (Wildman–Crippen LogP) is 1.88. The summed E-state index contributed by atoms with van der Waals surface area (Å²) in [4.78, 5) is 35.3. The summed E-state index contributed by atoms with van der Waals surface area (Å²) >= 11 is 0. The Kier molecular flexibility index (Phi) is 5.43. The molecule has 0 bridgehead atoms. The van der Waals surface area contributed by atoms with Crippen molar-refractivity contribution in [2.75, 3.05) is 11.9 Å². The second kappa shape index (κ2) is 7.33. The van der Waals surface area contributed by atoms with Crippen LogP contribution < -0.4 is 15.4 Å². The maximum atomic E-state index is 12.4. The number of amides is 2. The number of aliphatic carboxylic acids is 1. The van der Waals surface area contributed by atoms with E-state index in [-0.39, 0.29) is 23.9 Å². The minimum absolute atomic E-state index is 0.0396. The third-order valence-electron chi connectivity index (χ3n) is 3.80. The van der Waals surface area contributed by atoms with Crippen molar-refractivity contribution in [3.05, 3.63) is 23.8 Å². The fourth-order valence-corrected chi connectivity index (χ4v) is 2.56. The zero-order valence-corrected chi connectivity index (χ0v) is 14.0. The van der Waals surface area contributed by atoms with Gasteiger partial charge in [0.1, 0.15) is 0 Å². The molecule has 1 aromatic rings. The summed E-state index contributed by atoms with van der Waals surface area (Å²) in [5.74, 6) is -1.76. The highest BCUT2D eigenvalue weighted by molar-refractivity contribution is 6.04. The zero-order valence-electron chi connectivity index (χ0n) is 14.0. The predicted molar refractivity (Wildman–Crippen MR) is 88.1 cm³/mol. The first kappa shape index (κ1) is 17.8. The standard InChI is InChI=1S/C17H22N2O5/c1-9(2)7-11(17(22)23)8-18-16(21)12-5-4-6-13-14(12)24-10(3)15(20)19-13/h4-6,9-11H,7-8H2,1-3H3,(H,18,21)(H,19,20)(H,22,23). The maximum absolute atomic E-state index is 12.4. The van der Waals surface area contributed by atoms with Gasteiger partial charge in [-0.25, -0.2) is 0 Å². The average molecular weight is 334 g/mol. The lowest BCUT2D eigenvalue weighted by Gasteiger charge is -2.25. The van der Waals surface area contributed by atoms with Gasteiger partial charge in [0.15, 0.2) is 11.9 Å². The van der Waals surface area contributed by atoms with Crippen LogP contribution in [0.5, 0.6) is 5.75 Å². The number of anilines is 1. The number of ether oxygens (including phenoxy) is 1. The quantitative estimate of drug-likeness (QED) is 0.737. The highest BCUT2D eigenvalue weighted by Gasteiger charge is 2.28. The lowest BCUT2D eigenvalue weighted by atomic mass is 9.97. The summed E-state index contributed by atoms with van der Waals surface area (Å²) in [6.45, 7) is 5.50. The molecule has 2 rings (SSSR count). The van der Waals surface area contributed by atoms with Crippen LogP contribution in [0, 0.1) is 11.8 Å². The van der Waals surface area contributed by atoms with Crippen LogP contribution in [0.1, 0.15) is 37.6 Å². The summed E-state index contributed by atoms with van der Waals surface area (Å²) in [6, 6.07) is 4.86. The number of nitrogens with one attached hydrogen (secondary N) is 2. The van der Waals surface area contributed by atoms with E-state index in [1.54, 1.807) is 25.1 Å². The molecule has 0 saturated heterocycles. The smallest absolute Gasteiger partial charge is 0.308 e. The minimum Gasteiger partial charge on any atom is -0.481 e. The molecule has 1 aliphatic heterocycles. The Hall–Kier alpha value is -2.57. The summed E-state index contributed by atoms with van der Waals surface area (Å²) in [6.07, 6.45) is -0.217. The Balaban J connectivity index is 2.12. The Morgan fingerprint density at radius 1 is 1.38 bits per heavy atom. The van der Waals surface area contributed by atoms with Gasteiger partial charge in [0, 0.05) is 6.54 Å². The van der Waals surface area contributed by atoms with Crippen LogP contribution in [0.4, 0.5) is 5.69 Å². The molecule has 0 fully saturated rings. The van der Waals surface area contributed by atoms with E-state index >= 15 is 0 Å². The van der Waals surface area contributed by atoms with Gasteiger partial charge < -0.3 is 20.5 Å². The van der Waals surface area contributed by atoms with Gasteiger partial charge in [-0.15, -0.1) is 0 Å². The molecule has 1 heterocycles. The average Bonchev–Trinajstić information content (AvgIpc) is 2.51. The van der Waals surface area contributed by atoms with Gasteiger partial charge in [-0.1, -0.05) is 19.9 Å². The number of benzene rings is 1. The molecular formula is C17H22N2O5. The van der Waals surface area contributed by atoms with Crippen molar-refractivity contribution >= 4 is 23.5 Å². The SMILES string of the molecule is CC(C)CC(CNC(=O)c1cccc2c1OC(C)C(=O)N2)C(=O)O. The number of carbonyl (C=O) groups excluding carboxylic acids is 2. The van der Waals surface area contributed by atoms with Gasteiger partial charge in [-0.05, 0) is 31.4 Å². The Bertz CT molecular complexity index is 656. The molecule has 0 aliphatic carbocycles. The zero-order chi connectivity index (χ0) is 17.9. The molecule has 0 radical (unpaired) electrons. The number of carboxylic acid groups (broad SMARTS) is 1. The topological polar surface area (TPSA) is 105 Å². The summed E-state index contributed by atoms with van der Waals surface area (Å²) in [5, 5.41) is 14.6. The van der Waals surface area contributed by atoms with E-state index in [1.165, 1.54) is 0 Å². The van der Waals surface area contributed by atoms with E-state index in [0.29, 0.717) is 17.9 Å². The number of hydrogen-bond acceptors (Lipinski definition) is 4. The fourth-order valence-electron chi connectivity index (χ4n) is 2.56. The van der Waals surface area contributed by atoms with Gasteiger partial charge in [0.25, 0.3) is 11.8 Å². The molecule has 1 aliphatic rings. The first-order valence-corrected chi connectivity index (χ1v) is 7.91. The largest absolute Gasteiger partial charge is 0.481 e. The monoisotopic (exact) mass is 334 g/mol. The van der Waals surface area contributed by atoms with E-state index in [2.05, 4.69) is 10.6 Å². The van der Waals surface area contributed by atoms with Gasteiger partial charge in [0.05, 0.1) is 17.2 Å². The first-order chi connectivity index (χ1) is 11.3. The van der Waals surface area contributed by atoms with Crippen LogP contribution in [0.2, 0.25) is 0 Å². The Morgan fingerprint density at radius 3 is 2.71 bits per heavy atom. The van der Waals surface area contributed by atoms with Crippen LogP contribution in [0.3, 0.4) is 0 Å². The molecule has 7 nitrogen and oxygen atoms in total. The number of fused-ring (bicyclic) bond motifs is 1. The number of rotatable bonds is 6. The molecule has 2 unspecified atom stereocenters. The van der Waals surface area contributed by atoms with Crippen LogP contribution in [-0.2, 0) is 9.59 Å². The molecule has 1 aromatic carbocycles.